The fraction of sp³-hybridized carbons (Fsp3) is 0.556. The van der Waals surface area contributed by atoms with Crippen LogP contribution in [0.1, 0.15) is 18.5 Å². The van der Waals surface area contributed by atoms with Crippen LogP contribution < -0.4 is 9.47 Å². The Morgan fingerprint density at radius 3 is 2.46 bits per heavy atom. The first-order valence-electron chi connectivity index (χ1n) is 8.73. The van der Waals surface area contributed by atoms with Gasteiger partial charge in [-0.1, -0.05) is 0 Å². The van der Waals surface area contributed by atoms with Gasteiger partial charge in [0.15, 0.2) is 11.5 Å². The molecule has 2 heterocycles. The second-order valence-electron chi connectivity index (χ2n) is 6.74. The molecule has 1 aromatic heterocycles. The maximum Gasteiger partial charge on any atom is 0.162 e. The van der Waals surface area contributed by atoms with Gasteiger partial charge >= 0.3 is 0 Å². The smallest absolute Gasteiger partial charge is 0.162 e. The zero-order chi connectivity index (χ0) is 18.7. The minimum absolute atomic E-state index is 0.0235. The summed E-state index contributed by atoms with van der Waals surface area (Å²) >= 11 is 0. The minimum Gasteiger partial charge on any atom is -0.493 e. The summed E-state index contributed by atoms with van der Waals surface area (Å²) in [4.78, 5) is 11.2. The second-order valence-corrected chi connectivity index (χ2v) is 9.21. The standard InChI is InChI=1S/C18H26N4O3S/c1-24-17-10-14-15(20-12-21-16(14)11-18(17)25-2)6-9-22-7-4-13(5-8-22)26(3,19)23/h10-13,19H,4-9H2,1-3H3. The van der Waals surface area contributed by atoms with E-state index in [4.69, 9.17) is 14.3 Å². The fourth-order valence-electron chi connectivity index (χ4n) is 3.48. The summed E-state index contributed by atoms with van der Waals surface area (Å²) in [5, 5.41) is 0.998. The molecule has 1 aromatic carbocycles. The number of methoxy groups -OCH3 is 2. The Bertz CT molecular complexity index is 877. The molecular weight excluding hydrogens is 352 g/mol. The van der Waals surface area contributed by atoms with Gasteiger partial charge in [0.2, 0.25) is 0 Å². The lowest BCUT2D eigenvalue weighted by atomic mass is 10.1. The molecule has 1 N–H and O–H groups in total. The van der Waals surface area contributed by atoms with Crippen molar-refractivity contribution in [3.8, 4) is 11.5 Å². The van der Waals surface area contributed by atoms with E-state index in [0.29, 0.717) is 11.5 Å². The van der Waals surface area contributed by atoms with Crippen molar-refractivity contribution in [2.24, 2.45) is 0 Å². The van der Waals surface area contributed by atoms with Gasteiger partial charge in [-0.15, -0.1) is 0 Å². The monoisotopic (exact) mass is 378 g/mol. The summed E-state index contributed by atoms with van der Waals surface area (Å²) in [7, 11) is 0.800. The van der Waals surface area contributed by atoms with E-state index >= 15 is 0 Å². The Morgan fingerprint density at radius 1 is 1.19 bits per heavy atom. The summed E-state index contributed by atoms with van der Waals surface area (Å²) < 4.78 is 30.4. The number of hydrogen-bond acceptors (Lipinski definition) is 7. The lowest BCUT2D eigenvalue weighted by Crippen LogP contribution is -2.39. The molecule has 0 spiro atoms. The predicted molar refractivity (Wildman–Crippen MR) is 103 cm³/mol. The summed E-state index contributed by atoms with van der Waals surface area (Å²) in [6, 6.07) is 3.80. The summed E-state index contributed by atoms with van der Waals surface area (Å²) in [5.41, 5.74) is 1.82. The number of aromatic nitrogens is 2. The Labute approximate surface area is 154 Å². The molecule has 1 atom stereocenters. The average molecular weight is 378 g/mol. The van der Waals surface area contributed by atoms with Crippen molar-refractivity contribution in [3.05, 3.63) is 24.2 Å². The first-order valence-corrected chi connectivity index (χ1v) is 10.8. The third-order valence-electron chi connectivity index (χ3n) is 5.06. The molecule has 142 valence electrons. The molecule has 0 radical (unpaired) electrons. The zero-order valence-corrected chi connectivity index (χ0v) is 16.3. The highest BCUT2D eigenvalue weighted by Gasteiger charge is 2.24. The third kappa shape index (κ3) is 4.07. The molecule has 0 saturated carbocycles. The van der Waals surface area contributed by atoms with Crippen LogP contribution in [0.25, 0.3) is 10.9 Å². The third-order valence-corrected chi connectivity index (χ3v) is 6.80. The predicted octanol–water partition coefficient (Wildman–Crippen LogP) is 2.33. The number of hydrogen-bond donors (Lipinski definition) is 1. The molecule has 0 amide bonds. The number of piperidine rings is 1. The zero-order valence-electron chi connectivity index (χ0n) is 15.5. The highest BCUT2D eigenvalue weighted by atomic mass is 32.2. The molecule has 26 heavy (non-hydrogen) atoms. The largest absolute Gasteiger partial charge is 0.493 e. The number of nitrogens with zero attached hydrogens (tertiary/aromatic N) is 3. The van der Waals surface area contributed by atoms with Crippen LogP contribution in [0, 0.1) is 4.78 Å². The first-order chi connectivity index (χ1) is 12.4. The maximum absolute atomic E-state index is 11.9. The SMILES string of the molecule is COc1cc2ncnc(CCN3CCC(S(C)(=N)=O)CC3)c2cc1OC. The number of fused-ring (bicyclic) bond motifs is 1. The van der Waals surface area contributed by atoms with Crippen LogP contribution in [0.2, 0.25) is 0 Å². The van der Waals surface area contributed by atoms with E-state index in [2.05, 4.69) is 14.9 Å². The number of rotatable bonds is 6. The molecule has 1 saturated heterocycles. The van der Waals surface area contributed by atoms with E-state index in [9.17, 15) is 4.21 Å². The van der Waals surface area contributed by atoms with Crippen molar-refractivity contribution in [2.45, 2.75) is 24.5 Å². The van der Waals surface area contributed by atoms with Gasteiger partial charge < -0.3 is 14.4 Å². The average Bonchev–Trinajstić information content (AvgIpc) is 2.64. The number of ether oxygens (including phenoxy) is 2. The van der Waals surface area contributed by atoms with E-state index in [-0.39, 0.29) is 5.25 Å². The van der Waals surface area contributed by atoms with Gasteiger partial charge in [0, 0.05) is 45.7 Å². The van der Waals surface area contributed by atoms with Gasteiger partial charge in [-0.2, -0.15) is 0 Å². The molecule has 2 aromatic rings. The van der Waals surface area contributed by atoms with Gasteiger partial charge in [0.05, 0.1) is 25.4 Å². The van der Waals surface area contributed by atoms with Gasteiger partial charge in [0.25, 0.3) is 0 Å². The molecule has 3 rings (SSSR count). The van der Waals surface area contributed by atoms with Crippen molar-refractivity contribution in [1.29, 1.82) is 4.78 Å². The van der Waals surface area contributed by atoms with Crippen molar-refractivity contribution in [3.63, 3.8) is 0 Å². The van der Waals surface area contributed by atoms with Crippen LogP contribution in [0.3, 0.4) is 0 Å². The molecule has 8 heteroatoms. The van der Waals surface area contributed by atoms with Crippen LogP contribution in [0.5, 0.6) is 11.5 Å². The van der Waals surface area contributed by atoms with Gasteiger partial charge in [-0.3, -0.25) is 4.78 Å². The summed E-state index contributed by atoms with van der Waals surface area (Å²) in [6.45, 7) is 2.65. The van der Waals surface area contributed by atoms with Crippen LogP contribution >= 0.6 is 0 Å². The van der Waals surface area contributed by atoms with Gasteiger partial charge in [-0.25, -0.2) is 14.2 Å². The molecule has 1 fully saturated rings. The quantitative estimate of drug-likeness (QED) is 0.830. The molecule has 0 aliphatic carbocycles. The first kappa shape index (κ1) is 18.8. The van der Waals surface area contributed by atoms with Gasteiger partial charge in [-0.05, 0) is 32.0 Å². The van der Waals surface area contributed by atoms with Crippen LogP contribution in [0.15, 0.2) is 18.5 Å². The van der Waals surface area contributed by atoms with Crippen LogP contribution in [0.4, 0.5) is 0 Å². The van der Waals surface area contributed by atoms with Crippen molar-refractivity contribution in [1.82, 2.24) is 14.9 Å². The molecule has 1 aliphatic heterocycles. The number of nitrogens with one attached hydrogen (secondary N) is 1. The van der Waals surface area contributed by atoms with Crippen molar-refractivity contribution in [2.75, 3.05) is 40.1 Å². The van der Waals surface area contributed by atoms with Crippen LogP contribution in [-0.2, 0) is 16.1 Å². The Hall–Kier alpha value is -1.93. The topological polar surface area (TPSA) is 88.4 Å². The van der Waals surface area contributed by atoms with Gasteiger partial charge in [0.1, 0.15) is 6.33 Å². The van der Waals surface area contributed by atoms with E-state index in [0.717, 1.165) is 55.5 Å². The van der Waals surface area contributed by atoms with E-state index in [1.165, 1.54) is 0 Å². The van der Waals surface area contributed by atoms with Crippen LogP contribution in [-0.4, -0.2) is 64.4 Å². The summed E-state index contributed by atoms with van der Waals surface area (Å²) in [5.74, 6) is 1.33. The lowest BCUT2D eigenvalue weighted by molar-refractivity contribution is 0.233. The lowest BCUT2D eigenvalue weighted by Gasteiger charge is -2.31. The molecule has 1 unspecified atom stereocenters. The Kier molecular flexibility index (Phi) is 5.62. The van der Waals surface area contributed by atoms with E-state index in [1.807, 2.05) is 12.1 Å². The normalized spacial score (nSPS) is 18.6. The molecule has 0 bridgehead atoms. The Morgan fingerprint density at radius 2 is 1.85 bits per heavy atom. The molecule has 1 aliphatic rings. The maximum atomic E-state index is 11.9. The highest BCUT2D eigenvalue weighted by molar-refractivity contribution is 7.92. The number of likely N-dealkylation sites (tertiary alicyclic amines) is 1. The number of benzene rings is 1. The van der Waals surface area contributed by atoms with E-state index < -0.39 is 9.73 Å². The highest BCUT2D eigenvalue weighted by Crippen LogP contribution is 2.32. The second kappa shape index (κ2) is 7.75. The van der Waals surface area contributed by atoms with E-state index in [1.54, 1.807) is 26.8 Å². The molecular formula is C18H26N4O3S. The Balaban J connectivity index is 1.72. The summed E-state index contributed by atoms with van der Waals surface area (Å²) in [6.07, 6.45) is 5.61. The van der Waals surface area contributed by atoms with Crippen molar-refractivity contribution >= 4 is 20.6 Å². The van der Waals surface area contributed by atoms with Crippen molar-refractivity contribution < 1.29 is 13.7 Å². The fourth-order valence-corrected chi connectivity index (χ4v) is 4.59. The molecule has 7 nitrogen and oxygen atoms in total. The minimum atomic E-state index is -2.43.